The van der Waals surface area contributed by atoms with Crippen LogP contribution >= 0.6 is 0 Å². The molecule has 2 atom stereocenters. The van der Waals surface area contributed by atoms with Gasteiger partial charge in [0.1, 0.15) is 6.26 Å². The second-order valence-corrected chi connectivity index (χ2v) is 3.51. The van der Waals surface area contributed by atoms with Gasteiger partial charge in [0.2, 0.25) is 5.91 Å². The summed E-state index contributed by atoms with van der Waals surface area (Å²) < 4.78 is 4.62. The Morgan fingerprint density at radius 1 is 1.79 bits per heavy atom. The van der Waals surface area contributed by atoms with Crippen molar-refractivity contribution >= 4 is 11.7 Å². The number of amides is 1. The highest BCUT2D eigenvalue weighted by atomic mass is 16.5. The number of aromatic nitrogens is 1. The number of hydrogen-bond donors (Lipinski definition) is 2. The highest BCUT2D eigenvalue weighted by Crippen LogP contribution is 2.17. The van der Waals surface area contributed by atoms with Gasteiger partial charge in [-0.15, -0.1) is 0 Å². The molecule has 0 bridgehead atoms. The van der Waals surface area contributed by atoms with Gasteiger partial charge in [-0.2, -0.15) is 0 Å². The largest absolute Gasteiger partial charge is 0.363 e. The molecule has 2 heterocycles. The van der Waals surface area contributed by atoms with Gasteiger partial charge in [0.25, 0.3) is 0 Å². The summed E-state index contributed by atoms with van der Waals surface area (Å²) in [6, 6.07) is 1.87. The summed E-state index contributed by atoms with van der Waals surface area (Å²) in [6.45, 7) is 2.91. The van der Waals surface area contributed by atoms with E-state index in [0.717, 1.165) is 13.0 Å². The monoisotopic (exact) mass is 195 g/mol. The molecule has 0 spiro atoms. The van der Waals surface area contributed by atoms with E-state index < -0.39 is 0 Å². The third-order valence-corrected chi connectivity index (χ3v) is 2.55. The first-order valence-corrected chi connectivity index (χ1v) is 4.72. The van der Waals surface area contributed by atoms with Crippen LogP contribution in [0.25, 0.3) is 0 Å². The highest BCUT2D eigenvalue weighted by Gasteiger charge is 2.29. The molecule has 1 saturated heterocycles. The number of nitrogens with one attached hydrogen (secondary N) is 2. The van der Waals surface area contributed by atoms with E-state index in [-0.39, 0.29) is 17.9 Å². The predicted molar refractivity (Wildman–Crippen MR) is 50.7 cm³/mol. The third kappa shape index (κ3) is 1.77. The molecule has 76 valence electrons. The molecule has 5 nitrogen and oxygen atoms in total. The Balaban J connectivity index is 1.95. The van der Waals surface area contributed by atoms with Gasteiger partial charge in [-0.1, -0.05) is 5.16 Å². The average Bonchev–Trinajstić information content (AvgIpc) is 2.75. The van der Waals surface area contributed by atoms with Crippen molar-refractivity contribution in [2.45, 2.75) is 19.4 Å². The molecule has 14 heavy (non-hydrogen) atoms. The van der Waals surface area contributed by atoms with E-state index in [1.54, 1.807) is 6.07 Å². The Kier molecular flexibility index (Phi) is 2.49. The standard InChI is InChI=1S/C9H13N3O2/c1-6-7(2-4-10-6)9(13)11-8-3-5-14-12-8/h3,5-7,10H,2,4H2,1H3,(H,11,12,13). The van der Waals surface area contributed by atoms with Crippen molar-refractivity contribution in [3.63, 3.8) is 0 Å². The number of carbonyl (C=O) groups is 1. The topological polar surface area (TPSA) is 67.2 Å². The van der Waals surface area contributed by atoms with E-state index in [1.165, 1.54) is 6.26 Å². The zero-order valence-corrected chi connectivity index (χ0v) is 7.99. The molecule has 1 aliphatic heterocycles. The summed E-state index contributed by atoms with van der Waals surface area (Å²) in [5.41, 5.74) is 0. The minimum atomic E-state index is 0.0106. The first-order chi connectivity index (χ1) is 6.77. The van der Waals surface area contributed by atoms with Crippen molar-refractivity contribution in [3.05, 3.63) is 12.3 Å². The molecule has 1 fully saturated rings. The Morgan fingerprint density at radius 2 is 2.64 bits per heavy atom. The molecule has 1 aliphatic rings. The van der Waals surface area contributed by atoms with E-state index >= 15 is 0 Å². The molecule has 5 heteroatoms. The number of carbonyl (C=O) groups excluding carboxylic acids is 1. The van der Waals surface area contributed by atoms with Crippen LogP contribution < -0.4 is 10.6 Å². The Labute approximate surface area is 81.8 Å². The first-order valence-electron chi connectivity index (χ1n) is 4.72. The van der Waals surface area contributed by atoms with Gasteiger partial charge in [0.05, 0.1) is 5.92 Å². The predicted octanol–water partition coefficient (Wildman–Crippen LogP) is 0.611. The SMILES string of the molecule is CC1NCCC1C(=O)Nc1ccon1. The van der Waals surface area contributed by atoms with E-state index in [2.05, 4.69) is 20.3 Å². The molecule has 2 rings (SSSR count). The zero-order valence-electron chi connectivity index (χ0n) is 7.99. The maximum atomic E-state index is 11.7. The summed E-state index contributed by atoms with van der Waals surface area (Å²) in [5, 5.41) is 9.56. The van der Waals surface area contributed by atoms with Crippen LogP contribution in [0.5, 0.6) is 0 Å². The van der Waals surface area contributed by atoms with Gasteiger partial charge in [-0.25, -0.2) is 0 Å². The fraction of sp³-hybridized carbons (Fsp3) is 0.556. The summed E-state index contributed by atoms with van der Waals surface area (Å²) >= 11 is 0. The summed E-state index contributed by atoms with van der Waals surface area (Å²) in [7, 11) is 0. The normalized spacial score (nSPS) is 26.4. The number of rotatable bonds is 2. The molecule has 0 aromatic carbocycles. The Hall–Kier alpha value is -1.36. The van der Waals surface area contributed by atoms with Crippen LogP contribution in [0.15, 0.2) is 16.9 Å². The molecule has 1 amide bonds. The molecule has 1 aromatic rings. The molecule has 2 N–H and O–H groups in total. The van der Waals surface area contributed by atoms with Gasteiger partial charge in [0.15, 0.2) is 5.82 Å². The van der Waals surface area contributed by atoms with Crippen LogP contribution in [0.3, 0.4) is 0 Å². The van der Waals surface area contributed by atoms with Gasteiger partial charge >= 0.3 is 0 Å². The number of nitrogens with zero attached hydrogens (tertiary/aromatic N) is 1. The molecule has 0 radical (unpaired) electrons. The van der Waals surface area contributed by atoms with Crippen LogP contribution in [-0.4, -0.2) is 23.7 Å². The first kappa shape index (κ1) is 9.21. The number of anilines is 1. The summed E-state index contributed by atoms with van der Waals surface area (Å²) in [4.78, 5) is 11.7. The molecule has 2 unspecified atom stereocenters. The fourth-order valence-corrected chi connectivity index (χ4v) is 1.71. The van der Waals surface area contributed by atoms with Crippen molar-refractivity contribution < 1.29 is 9.32 Å². The second-order valence-electron chi connectivity index (χ2n) is 3.51. The molecule has 0 saturated carbocycles. The van der Waals surface area contributed by atoms with Crippen molar-refractivity contribution in [2.75, 3.05) is 11.9 Å². The molecular weight excluding hydrogens is 182 g/mol. The van der Waals surface area contributed by atoms with E-state index in [4.69, 9.17) is 0 Å². The second kappa shape index (κ2) is 3.79. The van der Waals surface area contributed by atoms with Crippen molar-refractivity contribution in [1.29, 1.82) is 0 Å². The molecular formula is C9H13N3O2. The zero-order chi connectivity index (χ0) is 9.97. The lowest BCUT2D eigenvalue weighted by atomic mass is 10.0. The maximum absolute atomic E-state index is 11.7. The average molecular weight is 195 g/mol. The van der Waals surface area contributed by atoms with Gasteiger partial charge in [-0.3, -0.25) is 4.79 Å². The van der Waals surface area contributed by atoms with Gasteiger partial charge in [0, 0.05) is 12.1 Å². The van der Waals surface area contributed by atoms with Crippen LogP contribution in [0, 0.1) is 5.92 Å². The van der Waals surface area contributed by atoms with E-state index in [0.29, 0.717) is 5.82 Å². The lowest BCUT2D eigenvalue weighted by Gasteiger charge is -2.13. The minimum absolute atomic E-state index is 0.0106. The molecule has 1 aromatic heterocycles. The van der Waals surface area contributed by atoms with E-state index in [1.807, 2.05) is 6.92 Å². The lowest BCUT2D eigenvalue weighted by Crippen LogP contribution is -2.32. The third-order valence-electron chi connectivity index (χ3n) is 2.55. The quantitative estimate of drug-likeness (QED) is 0.725. The summed E-state index contributed by atoms with van der Waals surface area (Å²) in [6.07, 6.45) is 2.32. The maximum Gasteiger partial charge on any atom is 0.230 e. The van der Waals surface area contributed by atoms with Crippen LogP contribution in [0.1, 0.15) is 13.3 Å². The van der Waals surface area contributed by atoms with Gasteiger partial charge < -0.3 is 15.2 Å². The van der Waals surface area contributed by atoms with E-state index in [9.17, 15) is 4.79 Å². The van der Waals surface area contributed by atoms with Crippen LogP contribution in [0.2, 0.25) is 0 Å². The van der Waals surface area contributed by atoms with Crippen molar-refractivity contribution in [1.82, 2.24) is 10.5 Å². The van der Waals surface area contributed by atoms with Crippen molar-refractivity contribution in [2.24, 2.45) is 5.92 Å². The number of hydrogen-bond acceptors (Lipinski definition) is 4. The minimum Gasteiger partial charge on any atom is -0.363 e. The fourth-order valence-electron chi connectivity index (χ4n) is 1.71. The Bertz CT molecular complexity index is 310. The Morgan fingerprint density at radius 3 is 3.21 bits per heavy atom. The lowest BCUT2D eigenvalue weighted by molar-refractivity contribution is -0.120. The smallest absolute Gasteiger partial charge is 0.230 e. The van der Waals surface area contributed by atoms with Crippen molar-refractivity contribution in [3.8, 4) is 0 Å². The van der Waals surface area contributed by atoms with Crippen LogP contribution in [0.4, 0.5) is 5.82 Å². The van der Waals surface area contributed by atoms with Gasteiger partial charge in [-0.05, 0) is 19.9 Å². The molecule has 0 aliphatic carbocycles. The highest BCUT2D eigenvalue weighted by molar-refractivity contribution is 5.92. The summed E-state index contributed by atoms with van der Waals surface area (Å²) in [5.74, 6) is 0.525. The van der Waals surface area contributed by atoms with Crippen LogP contribution in [-0.2, 0) is 4.79 Å².